The molecule has 0 amide bonds. The predicted molar refractivity (Wildman–Crippen MR) is 119 cm³/mol. The first-order valence-corrected chi connectivity index (χ1v) is 10.8. The quantitative estimate of drug-likeness (QED) is 0.471. The third-order valence-electron chi connectivity index (χ3n) is 6.07. The molecule has 4 nitrogen and oxygen atoms in total. The van der Waals surface area contributed by atoms with Gasteiger partial charge in [-0.2, -0.15) is 0 Å². The summed E-state index contributed by atoms with van der Waals surface area (Å²) in [4.78, 5) is 17.0. The number of nitrogens with zero attached hydrogens (tertiary/aromatic N) is 1. The van der Waals surface area contributed by atoms with Crippen LogP contribution >= 0.6 is 0 Å². The number of carbonyl (C=O) groups excluding carboxylic acids is 1. The molecule has 156 valence electrons. The third-order valence-corrected chi connectivity index (χ3v) is 6.07. The summed E-state index contributed by atoms with van der Waals surface area (Å²) in [5.41, 5.74) is 3.43. The van der Waals surface area contributed by atoms with Gasteiger partial charge in [-0.05, 0) is 36.5 Å². The highest BCUT2D eigenvalue weighted by Gasteiger charge is 2.21. The number of esters is 1. The normalized spacial score (nSPS) is 14.6. The summed E-state index contributed by atoms with van der Waals surface area (Å²) in [5, 5.41) is 1.95. The van der Waals surface area contributed by atoms with Crippen LogP contribution < -0.4 is 4.74 Å². The minimum absolute atomic E-state index is 0.235. The molecule has 2 aromatic carbocycles. The van der Waals surface area contributed by atoms with Crippen LogP contribution in [0.3, 0.4) is 0 Å². The molecule has 4 rings (SSSR count). The van der Waals surface area contributed by atoms with Crippen molar-refractivity contribution in [2.24, 2.45) is 5.92 Å². The van der Waals surface area contributed by atoms with Crippen molar-refractivity contribution in [2.75, 3.05) is 7.11 Å². The summed E-state index contributed by atoms with van der Waals surface area (Å²) < 4.78 is 11.1. The average Bonchev–Trinajstić information content (AvgIpc) is 2.79. The van der Waals surface area contributed by atoms with Crippen molar-refractivity contribution in [1.29, 1.82) is 0 Å². The maximum Gasteiger partial charge on any atom is 0.360 e. The molecule has 1 aromatic heterocycles. The molecule has 1 heterocycles. The van der Waals surface area contributed by atoms with Crippen LogP contribution in [0.25, 0.3) is 10.8 Å². The first kappa shape index (κ1) is 20.4. The Morgan fingerprint density at radius 2 is 1.77 bits per heavy atom. The van der Waals surface area contributed by atoms with E-state index in [1.807, 2.05) is 37.3 Å². The van der Waals surface area contributed by atoms with Crippen molar-refractivity contribution in [2.45, 2.75) is 52.1 Å². The number of rotatable bonds is 6. The van der Waals surface area contributed by atoms with Gasteiger partial charge in [-0.25, -0.2) is 9.78 Å². The number of hydrogen-bond acceptors (Lipinski definition) is 4. The van der Waals surface area contributed by atoms with Crippen molar-refractivity contribution < 1.29 is 14.3 Å². The molecule has 1 aliphatic carbocycles. The Labute approximate surface area is 178 Å². The molecule has 0 radical (unpaired) electrons. The molecule has 0 bridgehead atoms. The summed E-state index contributed by atoms with van der Waals surface area (Å²) >= 11 is 0. The molecule has 1 aliphatic rings. The average molecular weight is 404 g/mol. The zero-order chi connectivity index (χ0) is 20.9. The predicted octanol–water partition coefficient (Wildman–Crippen LogP) is 6.03. The summed E-state index contributed by atoms with van der Waals surface area (Å²) in [7, 11) is 1.37. The number of ether oxygens (including phenoxy) is 2. The van der Waals surface area contributed by atoms with Gasteiger partial charge in [-0.15, -0.1) is 0 Å². The Bertz CT molecular complexity index is 1020. The van der Waals surface area contributed by atoms with E-state index in [-0.39, 0.29) is 5.69 Å². The second-order valence-corrected chi connectivity index (χ2v) is 8.23. The van der Waals surface area contributed by atoms with Gasteiger partial charge in [-0.1, -0.05) is 74.6 Å². The molecule has 1 saturated carbocycles. The smallest absolute Gasteiger partial charge is 0.360 e. The van der Waals surface area contributed by atoms with Gasteiger partial charge < -0.3 is 9.47 Å². The monoisotopic (exact) mass is 403 g/mol. The van der Waals surface area contributed by atoms with Gasteiger partial charge in [0.25, 0.3) is 0 Å². The Kier molecular flexibility index (Phi) is 6.32. The molecule has 0 aliphatic heterocycles. The number of carbonyl (C=O) groups is 1. The van der Waals surface area contributed by atoms with E-state index in [2.05, 4.69) is 23.2 Å². The SMILES string of the molecule is COC(=O)c1nc(C)c2cc(CC3CCCCC3)ccc2c1OCc1ccccc1. The summed E-state index contributed by atoms with van der Waals surface area (Å²) in [5.74, 6) is 0.789. The van der Waals surface area contributed by atoms with Gasteiger partial charge in [0.1, 0.15) is 6.61 Å². The van der Waals surface area contributed by atoms with Crippen LogP contribution in [0.1, 0.15) is 59.4 Å². The first-order valence-electron chi connectivity index (χ1n) is 10.8. The molecule has 3 aromatic rings. The third kappa shape index (κ3) is 4.48. The second kappa shape index (κ2) is 9.29. The van der Waals surface area contributed by atoms with Crippen LogP contribution in [-0.2, 0) is 17.8 Å². The highest BCUT2D eigenvalue weighted by molar-refractivity contribution is 6.00. The van der Waals surface area contributed by atoms with E-state index in [1.165, 1.54) is 44.8 Å². The molecule has 4 heteroatoms. The maximum absolute atomic E-state index is 12.4. The van der Waals surface area contributed by atoms with Gasteiger partial charge in [0.2, 0.25) is 0 Å². The van der Waals surface area contributed by atoms with E-state index in [0.29, 0.717) is 12.4 Å². The number of benzene rings is 2. The Morgan fingerprint density at radius 1 is 1.00 bits per heavy atom. The fraction of sp³-hybridized carbons (Fsp3) is 0.385. The lowest BCUT2D eigenvalue weighted by Gasteiger charge is -2.22. The number of aryl methyl sites for hydroxylation is 1. The number of fused-ring (bicyclic) bond motifs is 1. The van der Waals surface area contributed by atoms with Crippen LogP contribution in [0.5, 0.6) is 5.75 Å². The Balaban J connectivity index is 1.70. The molecule has 0 atom stereocenters. The standard InChI is InChI=1S/C26H29NO3/c1-18-23-16-21(15-19-9-5-3-6-10-19)13-14-22(23)25(24(27-18)26(28)29-2)30-17-20-11-7-4-8-12-20/h4,7-8,11-14,16,19H,3,5-6,9-10,15,17H2,1-2H3. The lowest BCUT2D eigenvalue weighted by molar-refractivity contribution is 0.0588. The topological polar surface area (TPSA) is 48.4 Å². The number of methoxy groups -OCH3 is 1. The minimum atomic E-state index is -0.477. The van der Waals surface area contributed by atoms with E-state index >= 15 is 0 Å². The summed E-state index contributed by atoms with van der Waals surface area (Å²) in [6.07, 6.45) is 7.81. The minimum Gasteiger partial charge on any atom is -0.486 e. The van der Waals surface area contributed by atoms with Crippen molar-refractivity contribution in [3.63, 3.8) is 0 Å². The fourth-order valence-electron chi connectivity index (χ4n) is 4.46. The molecule has 0 spiro atoms. The molecule has 0 N–H and O–H groups in total. The number of pyridine rings is 1. The van der Waals surface area contributed by atoms with E-state index < -0.39 is 5.97 Å². The fourth-order valence-corrected chi connectivity index (χ4v) is 4.46. The van der Waals surface area contributed by atoms with Crippen molar-refractivity contribution in [3.8, 4) is 5.75 Å². The van der Waals surface area contributed by atoms with Crippen molar-refractivity contribution in [1.82, 2.24) is 4.98 Å². The van der Waals surface area contributed by atoms with Crippen LogP contribution in [0.2, 0.25) is 0 Å². The molecule has 1 fully saturated rings. The molecular weight excluding hydrogens is 374 g/mol. The molecule has 0 saturated heterocycles. The van der Waals surface area contributed by atoms with Gasteiger partial charge in [-0.3, -0.25) is 0 Å². The summed E-state index contributed by atoms with van der Waals surface area (Å²) in [6, 6.07) is 16.4. The lowest BCUT2D eigenvalue weighted by atomic mass is 9.84. The van der Waals surface area contributed by atoms with Gasteiger partial charge >= 0.3 is 5.97 Å². The van der Waals surface area contributed by atoms with Crippen molar-refractivity contribution in [3.05, 3.63) is 71.0 Å². The van der Waals surface area contributed by atoms with Gasteiger partial charge in [0.15, 0.2) is 11.4 Å². The van der Waals surface area contributed by atoms with Crippen LogP contribution in [0.15, 0.2) is 48.5 Å². The van der Waals surface area contributed by atoms with Crippen molar-refractivity contribution >= 4 is 16.7 Å². The second-order valence-electron chi connectivity index (χ2n) is 8.23. The van der Waals surface area contributed by atoms with Gasteiger partial charge in [0.05, 0.1) is 7.11 Å². The highest BCUT2D eigenvalue weighted by Crippen LogP contribution is 2.34. The van der Waals surface area contributed by atoms with E-state index in [9.17, 15) is 4.79 Å². The Morgan fingerprint density at radius 3 is 2.50 bits per heavy atom. The zero-order valence-electron chi connectivity index (χ0n) is 17.8. The van der Waals surface area contributed by atoms with Crippen LogP contribution in [0.4, 0.5) is 0 Å². The van der Waals surface area contributed by atoms with E-state index in [4.69, 9.17) is 9.47 Å². The maximum atomic E-state index is 12.4. The lowest BCUT2D eigenvalue weighted by Crippen LogP contribution is -2.11. The molecular formula is C26H29NO3. The molecule has 0 unspecified atom stereocenters. The summed E-state index contributed by atoms with van der Waals surface area (Å²) in [6.45, 7) is 2.31. The highest BCUT2D eigenvalue weighted by atomic mass is 16.5. The zero-order valence-corrected chi connectivity index (χ0v) is 17.8. The van der Waals surface area contributed by atoms with Crippen LogP contribution in [-0.4, -0.2) is 18.1 Å². The number of aromatic nitrogens is 1. The van der Waals surface area contributed by atoms with E-state index in [1.54, 1.807) is 0 Å². The first-order chi connectivity index (χ1) is 14.7. The van der Waals surface area contributed by atoms with Gasteiger partial charge in [0, 0.05) is 16.5 Å². The largest absolute Gasteiger partial charge is 0.486 e. The van der Waals surface area contributed by atoms with Crippen LogP contribution in [0, 0.1) is 12.8 Å². The molecule has 30 heavy (non-hydrogen) atoms. The number of hydrogen-bond donors (Lipinski definition) is 0. The van der Waals surface area contributed by atoms with E-state index in [0.717, 1.165) is 34.4 Å². The Hall–Kier alpha value is -2.88.